The summed E-state index contributed by atoms with van der Waals surface area (Å²) in [7, 11) is 0. The van der Waals surface area contributed by atoms with Crippen LogP contribution in [0.15, 0.2) is 0 Å². The van der Waals surface area contributed by atoms with Gasteiger partial charge in [-0.1, -0.05) is 0 Å². The molecule has 1 aromatic heterocycles. The van der Waals surface area contributed by atoms with Crippen molar-refractivity contribution in [3.63, 3.8) is 0 Å². The number of hydrogen-bond donors (Lipinski definition) is 1. The molecular weight excluding hydrogens is 218 g/mol. The summed E-state index contributed by atoms with van der Waals surface area (Å²) >= 11 is 1.07. The number of ether oxygens (including phenoxy) is 1. The molecule has 7 heteroatoms. The molecule has 1 aromatic rings. The third-order valence-corrected chi connectivity index (χ3v) is 2.19. The summed E-state index contributed by atoms with van der Waals surface area (Å²) in [6, 6.07) is 0. The number of carbonyl (C=O) groups excluding carboxylic acids is 2. The topological polar surface area (TPSA) is 95.2 Å². The monoisotopic (exact) mass is 229 g/mol. The lowest BCUT2D eigenvalue weighted by molar-refractivity contribution is -0.142. The molecule has 0 saturated heterocycles. The Balaban J connectivity index is 2.52. The largest absolute Gasteiger partial charge is 0.466 e. The van der Waals surface area contributed by atoms with E-state index in [0.717, 1.165) is 11.5 Å². The SMILES string of the molecule is CCOC(=O)Cc1nsc(CC(N)=O)n1. The van der Waals surface area contributed by atoms with Gasteiger partial charge in [0, 0.05) is 0 Å². The van der Waals surface area contributed by atoms with E-state index in [9.17, 15) is 9.59 Å². The zero-order valence-corrected chi connectivity index (χ0v) is 9.04. The molecule has 0 spiro atoms. The summed E-state index contributed by atoms with van der Waals surface area (Å²) in [5.74, 6) is -0.468. The van der Waals surface area contributed by atoms with Gasteiger partial charge in [-0.05, 0) is 18.5 Å². The van der Waals surface area contributed by atoms with Crippen LogP contribution in [-0.4, -0.2) is 27.8 Å². The molecule has 1 heterocycles. The lowest BCUT2D eigenvalue weighted by atomic mass is 10.4. The van der Waals surface area contributed by atoms with Gasteiger partial charge in [0.2, 0.25) is 5.91 Å². The van der Waals surface area contributed by atoms with Crippen LogP contribution < -0.4 is 5.73 Å². The van der Waals surface area contributed by atoms with E-state index < -0.39 is 5.91 Å². The Hall–Kier alpha value is -1.50. The van der Waals surface area contributed by atoms with Gasteiger partial charge < -0.3 is 10.5 Å². The second-order valence-electron chi connectivity index (χ2n) is 2.73. The van der Waals surface area contributed by atoms with Crippen LogP contribution in [0.5, 0.6) is 0 Å². The quantitative estimate of drug-likeness (QED) is 0.697. The molecule has 1 amide bonds. The van der Waals surface area contributed by atoms with Crippen LogP contribution in [0.25, 0.3) is 0 Å². The minimum absolute atomic E-state index is 0.0309. The molecule has 0 atom stereocenters. The second kappa shape index (κ2) is 5.40. The Labute approximate surface area is 90.6 Å². The summed E-state index contributed by atoms with van der Waals surface area (Å²) in [4.78, 5) is 25.6. The number of esters is 1. The van der Waals surface area contributed by atoms with Crippen LogP contribution in [0, 0.1) is 0 Å². The maximum Gasteiger partial charge on any atom is 0.313 e. The highest BCUT2D eigenvalue weighted by atomic mass is 32.1. The van der Waals surface area contributed by atoms with Crippen LogP contribution >= 0.6 is 11.5 Å². The highest BCUT2D eigenvalue weighted by Gasteiger charge is 2.11. The molecule has 0 aromatic carbocycles. The van der Waals surface area contributed by atoms with E-state index in [2.05, 4.69) is 9.36 Å². The van der Waals surface area contributed by atoms with Crippen molar-refractivity contribution < 1.29 is 14.3 Å². The van der Waals surface area contributed by atoms with Crippen molar-refractivity contribution in [3.05, 3.63) is 10.8 Å². The smallest absolute Gasteiger partial charge is 0.313 e. The first-order valence-electron chi connectivity index (χ1n) is 4.37. The summed E-state index contributed by atoms with van der Waals surface area (Å²) in [6.07, 6.45) is 0.0869. The normalized spacial score (nSPS) is 9.93. The van der Waals surface area contributed by atoms with Gasteiger partial charge in [0.1, 0.15) is 11.4 Å². The van der Waals surface area contributed by atoms with Crippen LogP contribution in [0.2, 0.25) is 0 Å². The number of rotatable bonds is 5. The molecule has 0 aliphatic carbocycles. The Kier molecular flexibility index (Phi) is 4.17. The average molecular weight is 229 g/mol. The van der Waals surface area contributed by atoms with Crippen LogP contribution in [0.1, 0.15) is 17.8 Å². The molecule has 6 nitrogen and oxygen atoms in total. The standard InChI is InChI=1S/C8H11N3O3S/c1-2-14-8(13)4-6-10-7(15-11-6)3-5(9)12/h2-4H2,1H3,(H2,9,12). The van der Waals surface area contributed by atoms with Gasteiger partial charge in [0.05, 0.1) is 13.0 Å². The third-order valence-electron chi connectivity index (χ3n) is 1.44. The summed E-state index contributed by atoms with van der Waals surface area (Å²) in [5.41, 5.74) is 4.99. The van der Waals surface area contributed by atoms with Crippen molar-refractivity contribution in [1.29, 1.82) is 0 Å². The van der Waals surface area contributed by atoms with Crippen LogP contribution in [-0.2, 0) is 27.2 Å². The highest BCUT2D eigenvalue weighted by molar-refractivity contribution is 7.05. The average Bonchev–Trinajstić information content (AvgIpc) is 2.51. The van der Waals surface area contributed by atoms with Crippen molar-refractivity contribution in [2.45, 2.75) is 19.8 Å². The molecule has 82 valence electrons. The molecule has 0 aliphatic heterocycles. The van der Waals surface area contributed by atoms with Gasteiger partial charge in [0.15, 0.2) is 5.82 Å². The molecule has 0 saturated carbocycles. The Bertz CT molecular complexity index is 364. The van der Waals surface area contributed by atoms with Gasteiger partial charge in [-0.25, -0.2) is 4.98 Å². The van der Waals surface area contributed by atoms with Crippen molar-refractivity contribution in [1.82, 2.24) is 9.36 Å². The maximum atomic E-state index is 11.1. The van der Waals surface area contributed by atoms with Crippen LogP contribution in [0.4, 0.5) is 0 Å². The first-order valence-corrected chi connectivity index (χ1v) is 5.14. The van der Waals surface area contributed by atoms with E-state index in [1.165, 1.54) is 0 Å². The van der Waals surface area contributed by atoms with Crippen molar-refractivity contribution in [2.24, 2.45) is 5.73 Å². The van der Waals surface area contributed by atoms with Crippen molar-refractivity contribution in [2.75, 3.05) is 6.61 Å². The Morgan fingerprint density at radius 1 is 1.47 bits per heavy atom. The second-order valence-corrected chi connectivity index (χ2v) is 3.57. The van der Waals surface area contributed by atoms with E-state index in [1.807, 2.05) is 0 Å². The molecule has 0 bridgehead atoms. The fourth-order valence-corrected chi connectivity index (χ4v) is 1.59. The minimum atomic E-state index is -0.464. The molecule has 0 unspecified atom stereocenters. The number of carbonyl (C=O) groups is 2. The number of amides is 1. The number of nitrogens with zero attached hydrogens (tertiary/aromatic N) is 2. The van der Waals surface area contributed by atoms with E-state index in [-0.39, 0.29) is 18.8 Å². The number of aromatic nitrogens is 2. The van der Waals surface area contributed by atoms with Gasteiger partial charge in [-0.15, -0.1) is 0 Å². The van der Waals surface area contributed by atoms with Crippen molar-refractivity contribution in [3.8, 4) is 0 Å². The van der Waals surface area contributed by atoms with E-state index >= 15 is 0 Å². The van der Waals surface area contributed by atoms with E-state index in [0.29, 0.717) is 17.4 Å². The molecule has 15 heavy (non-hydrogen) atoms. The zero-order chi connectivity index (χ0) is 11.3. The van der Waals surface area contributed by atoms with Gasteiger partial charge in [0.25, 0.3) is 0 Å². The Morgan fingerprint density at radius 2 is 2.20 bits per heavy atom. The summed E-state index contributed by atoms with van der Waals surface area (Å²) in [5, 5.41) is 0.516. The van der Waals surface area contributed by atoms with Crippen molar-refractivity contribution >= 4 is 23.4 Å². The van der Waals surface area contributed by atoms with Gasteiger partial charge >= 0.3 is 5.97 Å². The highest BCUT2D eigenvalue weighted by Crippen LogP contribution is 2.06. The molecule has 2 N–H and O–H groups in total. The molecule has 0 fully saturated rings. The number of nitrogens with two attached hydrogens (primary N) is 1. The van der Waals surface area contributed by atoms with Gasteiger partial charge in [-0.3, -0.25) is 9.59 Å². The molecule has 0 radical (unpaired) electrons. The summed E-state index contributed by atoms with van der Waals surface area (Å²) < 4.78 is 8.64. The number of hydrogen-bond acceptors (Lipinski definition) is 6. The number of primary amides is 1. The first-order chi connectivity index (χ1) is 7.11. The fourth-order valence-electron chi connectivity index (χ4n) is 0.924. The molecule has 1 rings (SSSR count). The van der Waals surface area contributed by atoms with Crippen LogP contribution in [0.3, 0.4) is 0 Å². The predicted octanol–water partition coefficient (Wildman–Crippen LogP) is -0.329. The lowest BCUT2D eigenvalue weighted by Crippen LogP contribution is -2.13. The zero-order valence-electron chi connectivity index (χ0n) is 8.23. The fraction of sp³-hybridized carbons (Fsp3) is 0.500. The third kappa shape index (κ3) is 4.03. The summed E-state index contributed by atoms with van der Waals surface area (Å²) in [6.45, 7) is 2.06. The maximum absolute atomic E-state index is 11.1. The van der Waals surface area contributed by atoms with E-state index in [1.54, 1.807) is 6.92 Å². The first kappa shape index (κ1) is 11.6. The Morgan fingerprint density at radius 3 is 2.80 bits per heavy atom. The predicted molar refractivity (Wildman–Crippen MR) is 53.1 cm³/mol. The van der Waals surface area contributed by atoms with Gasteiger partial charge in [-0.2, -0.15) is 4.37 Å². The van der Waals surface area contributed by atoms with E-state index in [4.69, 9.17) is 10.5 Å². The lowest BCUT2D eigenvalue weighted by Gasteiger charge is -1.96. The minimum Gasteiger partial charge on any atom is -0.466 e. The molecule has 0 aliphatic rings. The molecular formula is C8H11N3O3S.